The van der Waals surface area contributed by atoms with Crippen molar-refractivity contribution >= 4 is 11.6 Å². The molecule has 3 nitrogen and oxygen atoms in total. The number of nitrogens with two attached hydrogens (primary N) is 1. The van der Waals surface area contributed by atoms with Crippen LogP contribution in [0.4, 0.5) is 5.69 Å². The number of hydrogen-bond donors (Lipinski definition) is 1. The Morgan fingerprint density at radius 3 is 2.93 bits per heavy atom. The molecule has 0 bridgehead atoms. The minimum absolute atomic E-state index is 0.213. The second-order valence-corrected chi connectivity index (χ2v) is 3.61. The van der Waals surface area contributed by atoms with E-state index >= 15 is 0 Å². The molecule has 3 heteroatoms. The Kier molecular flexibility index (Phi) is 2.15. The van der Waals surface area contributed by atoms with Crippen LogP contribution in [0.25, 0.3) is 0 Å². The number of nitrogen functional groups attached to an aromatic ring is 1. The molecule has 2 N–H and O–H groups in total. The maximum absolute atomic E-state index is 11.6. The van der Waals surface area contributed by atoms with Crippen molar-refractivity contribution in [1.82, 2.24) is 4.90 Å². The zero-order valence-corrected chi connectivity index (χ0v) is 8.29. The molecule has 74 valence electrons. The van der Waals surface area contributed by atoms with Gasteiger partial charge in [0.15, 0.2) is 0 Å². The second-order valence-electron chi connectivity index (χ2n) is 3.61. The maximum Gasteiger partial charge on any atom is 0.227 e. The van der Waals surface area contributed by atoms with Crippen molar-refractivity contribution in [3.8, 4) is 0 Å². The van der Waals surface area contributed by atoms with Crippen molar-refractivity contribution < 1.29 is 4.79 Å². The van der Waals surface area contributed by atoms with Crippen LogP contribution in [0.3, 0.4) is 0 Å². The van der Waals surface area contributed by atoms with Crippen molar-refractivity contribution in [3.63, 3.8) is 0 Å². The number of benzene rings is 1. The Hall–Kier alpha value is -1.51. The van der Waals surface area contributed by atoms with Gasteiger partial charge in [0.25, 0.3) is 0 Å². The minimum atomic E-state index is 0.213. The molecular weight excluding hydrogens is 176 g/mol. The highest BCUT2D eigenvalue weighted by Gasteiger charge is 2.21. The van der Waals surface area contributed by atoms with Crippen LogP contribution < -0.4 is 5.73 Å². The summed E-state index contributed by atoms with van der Waals surface area (Å²) in [5.74, 6) is 0.213. The minimum Gasteiger partial charge on any atom is -0.399 e. The van der Waals surface area contributed by atoms with E-state index in [1.165, 1.54) is 5.56 Å². The van der Waals surface area contributed by atoms with E-state index in [4.69, 9.17) is 5.73 Å². The first-order chi connectivity index (χ1) is 6.70. The Bertz CT molecular complexity index is 374. The first kappa shape index (κ1) is 9.06. The number of fused-ring (bicyclic) bond motifs is 1. The van der Waals surface area contributed by atoms with E-state index in [0.29, 0.717) is 13.0 Å². The lowest BCUT2D eigenvalue weighted by molar-refractivity contribution is -0.131. The maximum atomic E-state index is 11.6. The van der Waals surface area contributed by atoms with Gasteiger partial charge in [0.1, 0.15) is 0 Å². The third-order valence-electron chi connectivity index (χ3n) is 2.67. The molecule has 0 aromatic heterocycles. The molecule has 0 atom stereocenters. The topological polar surface area (TPSA) is 46.3 Å². The van der Waals surface area contributed by atoms with Crippen molar-refractivity contribution in [2.24, 2.45) is 0 Å². The highest BCUT2D eigenvalue weighted by molar-refractivity contribution is 5.81. The molecule has 1 aromatic carbocycles. The molecule has 1 amide bonds. The van der Waals surface area contributed by atoms with Gasteiger partial charge in [-0.05, 0) is 30.2 Å². The van der Waals surface area contributed by atoms with Crippen molar-refractivity contribution in [1.29, 1.82) is 0 Å². The quantitative estimate of drug-likeness (QED) is 0.676. The predicted octanol–water partition coefficient (Wildman–Crippen LogP) is 1.17. The van der Waals surface area contributed by atoms with Gasteiger partial charge >= 0.3 is 0 Å². The molecular formula is C11H14N2O. The van der Waals surface area contributed by atoms with Crippen molar-refractivity contribution in [2.45, 2.75) is 19.9 Å². The molecule has 1 aliphatic heterocycles. The monoisotopic (exact) mass is 190 g/mol. The Labute approximate surface area is 83.5 Å². The van der Waals surface area contributed by atoms with Gasteiger partial charge in [0, 0.05) is 18.8 Å². The number of amides is 1. The van der Waals surface area contributed by atoms with E-state index in [2.05, 4.69) is 0 Å². The molecule has 14 heavy (non-hydrogen) atoms. The molecule has 0 fully saturated rings. The molecule has 2 rings (SSSR count). The van der Waals surface area contributed by atoms with Crippen LogP contribution in [0, 0.1) is 0 Å². The molecule has 1 heterocycles. The van der Waals surface area contributed by atoms with Crippen LogP contribution in [-0.2, 0) is 17.8 Å². The first-order valence-electron chi connectivity index (χ1n) is 4.85. The van der Waals surface area contributed by atoms with E-state index in [0.717, 1.165) is 17.8 Å². The van der Waals surface area contributed by atoms with Crippen molar-refractivity contribution in [2.75, 3.05) is 12.3 Å². The molecule has 0 aliphatic carbocycles. The van der Waals surface area contributed by atoms with Gasteiger partial charge in [-0.3, -0.25) is 4.79 Å². The summed E-state index contributed by atoms with van der Waals surface area (Å²) in [4.78, 5) is 13.4. The number of carbonyl (C=O) groups excluding carboxylic acids is 1. The van der Waals surface area contributed by atoms with Gasteiger partial charge in [-0.2, -0.15) is 0 Å². The van der Waals surface area contributed by atoms with Crippen LogP contribution in [0.5, 0.6) is 0 Å². The fourth-order valence-corrected chi connectivity index (χ4v) is 1.82. The summed E-state index contributed by atoms with van der Waals surface area (Å²) in [6, 6.07) is 5.77. The van der Waals surface area contributed by atoms with Crippen LogP contribution in [0.2, 0.25) is 0 Å². The number of hydrogen-bond acceptors (Lipinski definition) is 2. The summed E-state index contributed by atoms with van der Waals surface area (Å²) in [6.45, 7) is 3.47. The predicted molar refractivity (Wildman–Crippen MR) is 55.6 cm³/mol. The summed E-state index contributed by atoms with van der Waals surface area (Å²) < 4.78 is 0. The Balaban J connectivity index is 2.36. The highest BCUT2D eigenvalue weighted by Crippen LogP contribution is 2.21. The van der Waals surface area contributed by atoms with Gasteiger partial charge in [-0.1, -0.05) is 6.07 Å². The van der Waals surface area contributed by atoms with E-state index in [9.17, 15) is 4.79 Å². The fraction of sp³-hybridized carbons (Fsp3) is 0.364. The lowest BCUT2D eigenvalue weighted by Gasteiger charge is -2.27. The van der Waals surface area contributed by atoms with Crippen LogP contribution >= 0.6 is 0 Å². The van der Waals surface area contributed by atoms with E-state index in [-0.39, 0.29) is 5.91 Å². The van der Waals surface area contributed by atoms with Gasteiger partial charge in [-0.15, -0.1) is 0 Å². The van der Waals surface area contributed by atoms with E-state index in [1.54, 1.807) is 0 Å². The average molecular weight is 190 g/mol. The summed E-state index contributed by atoms with van der Waals surface area (Å²) in [6.07, 6.45) is 0.517. The zero-order chi connectivity index (χ0) is 10.1. The number of nitrogens with zero attached hydrogens (tertiary/aromatic N) is 1. The van der Waals surface area contributed by atoms with Crippen LogP contribution in [-0.4, -0.2) is 17.4 Å². The SMILES string of the molecule is CCN1Cc2cc(N)ccc2CC1=O. The summed E-state index contributed by atoms with van der Waals surface area (Å²) in [7, 11) is 0. The molecule has 0 spiro atoms. The highest BCUT2D eigenvalue weighted by atomic mass is 16.2. The summed E-state index contributed by atoms with van der Waals surface area (Å²) in [5.41, 5.74) is 8.78. The third-order valence-corrected chi connectivity index (χ3v) is 2.67. The van der Waals surface area contributed by atoms with E-state index < -0.39 is 0 Å². The van der Waals surface area contributed by atoms with Crippen LogP contribution in [0.15, 0.2) is 18.2 Å². The smallest absolute Gasteiger partial charge is 0.227 e. The van der Waals surface area contributed by atoms with Gasteiger partial charge < -0.3 is 10.6 Å². The largest absolute Gasteiger partial charge is 0.399 e. The number of carbonyl (C=O) groups is 1. The standard InChI is InChI=1S/C11H14N2O/c1-2-13-7-9-5-10(12)4-3-8(9)6-11(13)14/h3-5H,2,6-7,12H2,1H3. The second kappa shape index (κ2) is 3.33. The van der Waals surface area contributed by atoms with Gasteiger partial charge in [0.2, 0.25) is 5.91 Å². The average Bonchev–Trinajstić information content (AvgIpc) is 2.17. The number of anilines is 1. The number of likely N-dealkylation sites (N-methyl/N-ethyl adjacent to an activating group) is 1. The lowest BCUT2D eigenvalue weighted by atomic mass is 9.99. The van der Waals surface area contributed by atoms with Crippen molar-refractivity contribution in [3.05, 3.63) is 29.3 Å². The fourth-order valence-electron chi connectivity index (χ4n) is 1.82. The number of rotatable bonds is 1. The lowest BCUT2D eigenvalue weighted by Crippen LogP contribution is -2.35. The summed E-state index contributed by atoms with van der Waals surface area (Å²) in [5, 5.41) is 0. The molecule has 1 aromatic rings. The first-order valence-corrected chi connectivity index (χ1v) is 4.85. The molecule has 0 saturated carbocycles. The molecule has 0 saturated heterocycles. The molecule has 0 unspecified atom stereocenters. The molecule has 1 aliphatic rings. The van der Waals surface area contributed by atoms with Gasteiger partial charge in [0.05, 0.1) is 6.42 Å². The summed E-state index contributed by atoms with van der Waals surface area (Å²) >= 11 is 0. The van der Waals surface area contributed by atoms with Crippen LogP contribution in [0.1, 0.15) is 18.1 Å². The normalized spacial score (nSPS) is 15.5. The van der Waals surface area contributed by atoms with E-state index in [1.807, 2.05) is 30.0 Å². The Morgan fingerprint density at radius 1 is 1.43 bits per heavy atom. The Morgan fingerprint density at radius 2 is 2.21 bits per heavy atom. The molecule has 0 radical (unpaired) electrons. The zero-order valence-electron chi connectivity index (χ0n) is 8.29. The van der Waals surface area contributed by atoms with Gasteiger partial charge in [-0.25, -0.2) is 0 Å². The third kappa shape index (κ3) is 1.45.